The van der Waals surface area contributed by atoms with Crippen molar-refractivity contribution in [3.8, 4) is 0 Å². The molecule has 1 heterocycles. The summed E-state index contributed by atoms with van der Waals surface area (Å²) >= 11 is 0. The van der Waals surface area contributed by atoms with E-state index in [0.29, 0.717) is 11.5 Å². The summed E-state index contributed by atoms with van der Waals surface area (Å²) in [6.45, 7) is 4.54. The number of hydrogen-bond acceptors (Lipinski definition) is 3. The normalized spacial score (nSPS) is 15.2. The Labute approximate surface area is 165 Å². The minimum atomic E-state index is -0.133. The van der Waals surface area contributed by atoms with Crippen LogP contribution in [0.5, 0.6) is 0 Å². The monoisotopic (exact) mass is 378 g/mol. The summed E-state index contributed by atoms with van der Waals surface area (Å²) < 4.78 is 0. The van der Waals surface area contributed by atoms with E-state index in [2.05, 4.69) is 19.2 Å². The topological polar surface area (TPSA) is 66.5 Å². The number of hydrogen-bond donors (Lipinski definition) is 1. The van der Waals surface area contributed by atoms with E-state index in [1.54, 1.807) is 24.3 Å². The van der Waals surface area contributed by atoms with Gasteiger partial charge in [0.15, 0.2) is 0 Å². The maximum absolute atomic E-state index is 12.7. The van der Waals surface area contributed by atoms with Crippen molar-refractivity contribution in [2.45, 2.75) is 45.7 Å². The van der Waals surface area contributed by atoms with Gasteiger partial charge in [0.05, 0.1) is 12.6 Å². The highest BCUT2D eigenvalue weighted by molar-refractivity contribution is 6.01. The smallest absolute Gasteiger partial charge is 0.251 e. The van der Waals surface area contributed by atoms with Gasteiger partial charge in [0.25, 0.3) is 5.91 Å². The molecule has 0 bridgehead atoms. The summed E-state index contributed by atoms with van der Waals surface area (Å²) in [7, 11) is 0. The van der Waals surface area contributed by atoms with Crippen LogP contribution in [0.15, 0.2) is 54.6 Å². The summed E-state index contributed by atoms with van der Waals surface area (Å²) in [6, 6.07) is 17.0. The molecule has 1 aliphatic rings. The van der Waals surface area contributed by atoms with Crippen molar-refractivity contribution in [3.05, 3.63) is 71.3 Å². The van der Waals surface area contributed by atoms with Crippen molar-refractivity contribution in [3.63, 3.8) is 0 Å². The molecule has 3 amide bonds. The Morgan fingerprint density at radius 3 is 2.14 bits per heavy atom. The van der Waals surface area contributed by atoms with Gasteiger partial charge >= 0.3 is 0 Å². The van der Waals surface area contributed by atoms with Gasteiger partial charge in [0.1, 0.15) is 0 Å². The molecule has 0 spiro atoms. The fraction of sp³-hybridized carbons (Fsp3) is 0.348. The van der Waals surface area contributed by atoms with Crippen LogP contribution in [0.3, 0.4) is 0 Å². The van der Waals surface area contributed by atoms with Gasteiger partial charge in [-0.2, -0.15) is 0 Å². The van der Waals surface area contributed by atoms with E-state index in [4.69, 9.17) is 0 Å². The van der Waals surface area contributed by atoms with Crippen LogP contribution in [-0.4, -0.2) is 22.6 Å². The van der Waals surface area contributed by atoms with Gasteiger partial charge in [-0.05, 0) is 35.6 Å². The first kappa shape index (κ1) is 19.8. The number of likely N-dealkylation sites (tertiary alicyclic amines) is 1. The molecule has 146 valence electrons. The third-order valence-corrected chi connectivity index (χ3v) is 4.93. The fourth-order valence-corrected chi connectivity index (χ4v) is 3.42. The molecular formula is C23H26N2O3. The zero-order valence-electron chi connectivity index (χ0n) is 16.4. The van der Waals surface area contributed by atoms with E-state index in [1.807, 2.05) is 30.3 Å². The first-order chi connectivity index (χ1) is 13.4. The Bertz CT molecular complexity index is 828. The van der Waals surface area contributed by atoms with Crippen LogP contribution in [0.25, 0.3) is 0 Å². The minimum Gasteiger partial charge on any atom is -0.345 e. The van der Waals surface area contributed by atoms with Gasteiger partial charge in [-0.3, -0.25) is 19.3 Å². The first-order valence-electron chi connectivity index (χ1n) is 9.72. The van der Waals surface area contributed by atoms with Crippen molar-refractivity contribution >= 4 is 17.7 Å². The predicted molar refractivity (Wildman–Crippen MR) is 107 cm³/mol. The molecule has 1 aliphatic heterocycles. The highest BCUT2D eigenvalue weighted by Crippen LogP contribution is 2.22. The second-order valence-electron chi connectivity index (χ2n) is 7.64. The van der Waals surface area contributed by atoms with Crippen molar-refractivity contribution in [2.24, 2.45) is 5.92 Å². The van der Waals surface area contributed by atoms with Gasteiger partial charge < -0.3 is 5.32 Å². The molecule has 28 heavy (non-hydrogen) atoms. The van der Waals surface area contributed by atoms with Gasteiger partial charge in [0, 0.05) is 18.4 Å². The van der Waals surface area contributed by atoms with Crippen LogP contribution in [0.2, 0.25) is 0 Å². The second kappa shape index (κ2) is 8.83. The number of amides is 3. The maximum Gasteiger partial charge on any atom is 0.251 e. The maximum atomic E-state index is 12.7. The van der Waals surface area contributed by atoms with Gasteiger partial charge in [-0.1, -0.05) is 56.3 Å². The highest BCUT2D eigenvalue weighted by atomic mass is 16.2. The Balaban J connectivity index is 1.67. The standard InChI is InChI=1S/C23H26N2O3/c1-16(2)14-20(18-6-4-3-5-7-18)24-23(28)19-10-8-17(9-11-19)15-25-21(26)12-13-22(25)27/h3-11,16,20H,12-15H2,1-2H3,(H,24,28). The summed E-state index contributed by atoms with van der Waals surface area (Å²) in [5, 5.41) is 3.13. The lowest BCUT2D eigenvalue weighted by Crippen LogP contribution is -2.30. The molecule has 2 aromatic rings. The van der Waals surface area contributed by atoms with Crippen LogP contribution >= 0.6 is 0 Å². The number of imide groups is 1. The zero-order chi connectivity index (χ0) is 20.1. The van der Waals surface area contributed by atoms with E-state index in [-0.39, 0.29) is 43.1 Å². The largest absolute Gasteiger partial charge is 0.345 e. The van der Waals surface area contributed by atoms with Crippen LogP contribution in [0.4, 0.5) is 0 Å². The summed E-state index contributed by atoms with van der Waals surface area (Å²) in [4.78, 5) is 37.5. The molecule has 5 heteroatoms. The van der Waals surface area contributed by atoms with E-state index >= 15 is 0 Å². The Morgan fingerprint density at radius 1 is 0.964 bits per heavy atom. The Hall–Kier alpha value is -2.95. The number of rotatable bonds is 7. The molecule has 1 fully saturated rings. The molecule has 1 unspecified atom stereocenters. The summed E-state index contributed by atoms with van der Waals surface area (Å²) in [5.41, 5.74) is 2.49. The third kappa shape index (κ3) is 4.85. The van der Waals surface area contributed by atoms with Crippen LogP contribution in [0, 0.1) is 5.92 Å². The Morgan fingerprint density at radius 2 is 1.57 bits per heavy atom. The van der Waals surface area contributed by atoms with Crippen molar-refractivity contribution in [1.29, 1.82) is 0 Å². The highest BCUT2D eigenvalue weighted by Gasteiger charge is 2.28. The number of benzene rings is 2. The van der Waals surface area contributed by atoms with Crippen LogP contribution in [-0.2, 0) is 16.1 Å². The minimum absolute atomic E-state index is 0.0479. The van der Waals surface area contributed by atoms with E-state index < -0.39 is 0 Å². The van der Waals surface area contributed by atoms with Gasteiger partial charge in [-0.25, -0.2) is 0 Å². The quantitative estimate of drug-likeness (QED) is 0.744. The van der Waals surface area contributed by atoms with Crippen LogP contribution in [0.1, 0.15) is 60.6 Å². The van der Waals surface area contributed by atoms with Crippen molar-refractivity contribution in [2.75, 3.05) is 0 Å². The molecule has 1 saturated heterocycles. The van der Waals surface area contributed by atoms with E-state index in [0.717, 1.165) is 17.5 Å². The molecule has 0 radical (unpaired) electrons. The van der Waals surface area contributed by atoms with Gasteiger partial charge in [0.2, 0.25) is 11.8 Å². The molecule has 1 N–H and O–H groups in total. The molecule has 0 aromatic heterocycles. The van der Waals surface area contributed by atoms with Crippen LogP contribution < -0.4 is 5.32 Å². The second-order valence-corrected chi connectivity index (χ2v) is 7.64. The lowest BCUT2D eigenvalue weighted by Gasteiger charge is -2.21. The number of nitrogens with one attached hydrogen (secondary N) is 1. The molecule has 2 aromatic carbocycles. The number of carbonyl (C=O) groups excluding carboxylic acids is 3. The average Bonchev–Trinajstić information content (AvgIpc) is 3.00. The Kier molecular flexibility index (Phi) is 6.24. The summed E-state index contributed by atoms with van der Waals surface area (Å²) in [5.74, 6) is 0.0511. The fourth-order valence-electron chi connectivity index (χ4n) is 3.42. The average molecular weight is 378 g/mol. The first-order valence-corrected chi connectivity index (χ1v) is 9.72. The van der Waals surface area contributed by atoms with E-state index in [9.17, 15) is 14.4 Å². The van der Waals surface area contributed by atoms with Gasteiger partial charge in [-0.15, -0.1) is 0 Å². The number of carbonyl (C=O) groups is 3. The molecule has 0 aliphatic carbocycles. The molecular weight excluding hydrogens is 352 g/mol. The van der Waals surface area contributed by atoms with E-state index in [1.165, 1.54) is 4.90 Å². The molecule has 0 saturated carbocycles. The molecule has 5 nitrogen and oxygen atoms in total. The van der Waals surface area contributed by atoms with Crippen molar-refractivity contribution < 1.29 is 14.4 Å². The lowest BCUT2D eigenvalue weighted by molar-refractivity contribution is -0.139. The summed E-state index contributed by atoms with van der Waals surface area (Å²) in [6.07, 6.45) is 1.43. The SMILES string of the molecule is CC(C)CC(NC(=O)c1ccc(CN2C(=O)CCC2=O)cc1)c1ccccc1. The predicted octanol–water partition coefficient (Wildman–Crippen LogP) is 3.85. The number of nitrogens with zero attached hydrogens (tertiary/aromatic N) is 1. The molecule has 3 rings (SSSR count). The van der Waals surface area contributed by atoms with Crippen molar-refractivity contribution in [1.82, 2.24) is 10.2 Å². The third-order valence-electron chi connectivity index (χ3n) is 4.93. The zero-order valence-corrected chi connectivity index (χ0v) is 16.4. The molecule has 1 atom stereocenters. The lowest BCUT2D eigenvalue weighted by atomic mass is 9.96.